The lowest BCUT2D eigenvalue weighted by molar-refractivity contribution is -0.139. The molecule has 0 aliphatic heterocycles. The third-order valence-electron chi connectivity index (χ3n) is 2.20. The minimum Gasteiger partial charge on any atom is -0.479 e. The van der Waals surface area contributed by atoms with Gasteiger partial charge in [0, 0.05) is 12.5 Å². The Balaban J connectivity index is 2.31. The van der Waals surface area contributed by atoms with Crippen LogP contribution in [0.3, 0.4) is 0 Å². The molecule has 0 atom stereocenters. The summed E-state index contributed by atoms with van der Waals surface area (Å²) in [5.41, 5.74) is 0.542. The number of carboxylic acids is 1. The van der Waals surface area contributed by atoms with Gasteiger partial charge in [0.05, 0.1) is 0 Å². The molecule has 0 saturated heterocycles. The van der Waals surface area contributed by atoms with Crippen molar-refractivity contribution in [2.75, 3.05) is 13.7 Å². The molecule has 0 unspecified atom stereocenters. The first-order valence-corrected chi connectivity index (χ1v) is 5.05. The van der Waals surface area contributed by atoms with Gasteiger partial charge in [-0.25, -0.2) is 4.79 Å². The Morgan fingerprint density at radius 1 is 1.47 bits per heavy atom. The molecule has 0 amide bonds. The van der Waals surface area contributed by atoms with Crippen LogP contribution >= 0.6 is 0 Å². The predicted molar refractivity (Wildman–Crippen MR) is 60.1 cm³/mol. The van der Waals surface area contributed by atoms with E-state index in [9.17, 15) is 4.79 Å². The molecule has 2 aromatic rings. The van der Waals surface area contributed by atoms with Crippen LogP contribution in [-0.2, 0) is 16.1 Å². The average molecular weight is 236 g/mol. The minimum atomic E-state index is -1.02. The van der Waals surface area contributed by atoms with Crippen molar-refractivity contribution in [1.29, 1.82) is 0 Å². The van der Waals surface area contributed by atoms with Crippen LogP contribution in [0.2, 0.25) is 0 Å². The summed E-state index contributed by atoms with van der Waals surface area (Å²) in [5.74, 6) is 0.0757. The normalized spacial score (nSPS) is 10.6. The number of fused-ring (bicyclic) bond motifs is 1. The number of methoxy groups -OCH3 is 1. The molecule has 0 saturated carbocycles. The van der Waals surface area contributed by atoms with Crippen molar-refractivity contribution in [2.45, 2.75) is 6.61 Å². The summed E-state index contributed by atoms with van der Waals surface area (Å²) in [7, 11) is 1.58. The van der Waals surface area contributed by atoms with Gasteiger partial charge in [-0.3, -0.25) is 0 Å². The van der Waals surface area contributed by atoms with Crippen molar-refractivity contribution in [3.63, 3.8) is 0 Å². The van der Waals surface area contributed by atoms with E-state index in [1.807, 2.05) is 12.1 Å². The molecule has 0 aliphatic rings. The van der Waals surface area contributed by atoms with Crippen LogP contribution in [0.5, 0.6) is 5.75 Å². The number of hydrogen-bond acceptors (Lipinski definition) is 4. The highest BCUT2D eigenvalue weighted by atomic mass is 16.5. The Morgan fingerprint density at radius 3 is 3.00 bits per heavy atom. The SMILES string of the molecule is COCc1cc2cccc(OCC(=O)O)c2o1. The molecule has 0 aliphatic carbocycles. The van der Waals surface area contributed by atoms with Gasteiger partial charge < -0.3 is 19.0 Å². The molecule has 1 aromatic carbocycles. The summed E-state index contributed by atoms with van der Waals surface area (Å²) in [5, 5.41) is 9.42. The maximum absolute atomic E-state index is 10.4. The van der Waals surface area contributed by atoms with Crippen LogP contribution in [0.15, 0.2) is 28.7 Å². The number of hydrogen-bond donors (Lipinski definition) is 1. The number of carbonyl (C=O) groups is 1. The van der Waals surface area contributed by atoms with Gasteiger partial charge >= 0.3 is 5.97 Å². The van der Waals surface area contributed by atoms with E-state index in [4.69, 9.17) is 19.0 Å². The molecular formula is C12H12O5. The summed E-state index contributed by atoms with van der Waals surface area (Å²) < 4.78 is 15.6. The molecule has 1 N–H and O–H groups in total. The standard InChI is InChI=1S/C12H12O5/c1-15-6-9-5-8-3-2-4-10(12(8)17-9)16-7-11(13)14/h2-5H,6-7H2,1H3,(H,13,14). The van der Waals surface area contributed by atoms with Crippen molar-refractivity contribution in [3.8, 4) is 5.75 Å². The zero-order valence-corrected chi connectivity index (χ0v) is 9.30. The van der Waals surface area contributed by atoms with Crippen molar-refractivity contribution in [3.05, 3.63) is 30.0 Å². The fourth-order valence-electron chi connectivity index (χ4n) is 1.56. The highest BCUT2D eigenvalue weighted by Gasteiger charge is 2.10. The van der Waals surface area contributed by atoms with E-state index in [-0.39, 0.29) is 6.61 Å². The highest BCUT2D eigenvalue weighted by Crippen LogP contribution is 2.28. The fourth-order valence-corrected chi connectivity index (χ4v) is 1.56. The number of ether oxygens (including phenoxy) is 2. The molecule has 0 spiro atoms. The third kappa shape index (κ3) is 2.57. The molecule has 0 fully saturated rings. The van der Waals surface area contributed by atoms with Crippen molar-refractivity contribution in [1.82, 2.24) is 0 Å². The van der Waals surface area contributed by atoms with Crippen LogP contribution < -0.4 is 4.74 Å². The molecule has 0 bridgehead atoms. The summed E-state index contributed by atoms with van der Waals surface area (Å²) in [6, 6.07) is 7.16. The van der Waals surface area contributed by atoms with Crippen molar-refractivity contribution < 1.29 is 23.8 Å². The van der Waals surface area contributed by atoms with Crippen molar-refractivity contribution in [2.24, 2.45) is 0 Å². The van der Waals surface area contributed by atoms with Gasteiger partial charge in [0.25, 0.3) is 0 Å². The topological polar surface area (TPSA) is 68.9 Å². The van der Waals surface area contributed by atoms with Gasteiger partial charge in [0.1, 0.15) is 12.4 Å². The molecular weight excluding hydrogens is 224 g/mol. The number of aliphatic carboxylic acids is 1. The Labute approximate surface area is 97.6 Å². The van der Waals surface area contributed by atoms with E-state index in [0.717, 1.165) is 5.39 Å². The average Bonchev–Trinajstić information content (AvgIpc) is 2.69. The van der Waals surface area contributed by atoms with Crippen LogP contribution in [0, 0.1) is 0 Å². The zero-order chi connectivity index (χ0) is 12.3. The maximum atomic E-state index is 10.4. The zero-order valence-electron chi connectivity index (χ0n) is 9.30. The quantitative estimate of drug-likeness (QED) is 0.860. The fraction of sp³-hybridized carbons (Fsp3) is 0.250. The summed E-state index contributed by atoms with van der Waals surface area (Å²) in [4.78, 5) is 10.4. The Morgan fingerprint density at radius 2 is 2.29 bits per heavy atom. The number of benzene rings is 1. The largest absolute Gasteiger partial charge is 0.479 e. The second kappa shape index (κ2) is 4.88. The first-order chi connectivity index (χ1) is 8.20. The van der Waals surface area contributed by atoms with Gasteiger partial charge in [-0.05, 0) is 12.1 Å². The van der Waals surface area contributed by atoms with Gasteiger partial charge in [-0.1, -0.05) is 12.1 Å². The first-order valence-electron chi connectivity index (χ1n) is 5.05. The van der Waals surface area contributed by atoms with Crippen LogP contribution in [0.4, 0.5) is 0 Å². The number of rotatable bonds is 5. The first kappa shape index (κ1) is 11.5. The predicted octanol–water partition coefficient (Wildman–Crippen LogP) is 2.04. The maximum Gasteiger partial charge on any atom is 0.341 e. The van der Waals surface area contributed by atoms with E-state index in [1.165, 1.54) is 0 Å². The molecule has 5 heteroatoms. The van der Waals surface area contributed by atoms with Crippen molar-refractivity contribution >= 4 is 16.9 Å². The van der Waals surface area contributed by atoms with Crippen LogP contribution in [0.25, 0.3) is 11.0 Å². The van der Waals surface area contributed by atoms with E-state index in [2.05, 4.69) is 0 Å². The molecule has 0 radical (unpaired) electrons. The second-order valence-electron chi connectivity index (χ2n) is 3.50. The Bertz CT molecular complexity index is 529. The van der Waals surface area contributed by atoms with Gasteiger partial charge in [0.15, 0.2) is 17.9 Å². The van der Waals surface area contributed by atoms with E-state index >= 15 is 0 Å². The van der Waals surface area contributed by atoms with Crippen LogP contribution in [0.1, 0.15) is 5.76 Å². The van der Waals surface area contributed by atoms with E-state index in [1.54, 1.807) is 19.2 Å². The highest BCUT2D eigenvalue weighted by molar-refractivity contribution is 5.84. The second-order valence-corrected chi connectivity index (χ2v) is 3.50. The van der Waals surface area contributed by atoms with E-state index in [0.29, 0.717) is 23.7 Å². The van der Waals surface area contributed by atoms with Gasteiger partial charge in [-0.15, -0.1) is 0 Å². The molecule has 1 heterocycles. The number of para-hydroxylation sites is 1. The lowest BCUT2D eigenvalue weighted by atomic mass is 10.2. The summed E-state index contributed by atoms with van der Waals surface area (Å²) in [6.07, 6.45) is 0. The van der Waals surface area contributed by atoms with Gasteiger partial charge in [-0.2, -0.15) is 0 Å². The Hall–Kier alpha value is -2.01. The minimum absolute atomic E-state index is 0.368. The number of carboxylic acid groups (broad SMARTS) is 1. The Kier molecular flexibility index (Phi) is 3.30. The molecule has 5 nitrogen and oxygen atoms in total. The lowest BCUT2D eigenvalue weighted by Gasteiger charge is -2.02. The van der Waals surface area contributed by atoms with Gasteiger partial charge in [0.2, 0.25) is 0 Å². The smallest absolute Gasteiger partial charge is 0.341 e. The number of furan rings is 1. The monoisotopic (exact) mass is 236 g/mol. The lowest BCUT2D eigenvalue weighted by Crippen LogP contribution is -2.09. The van der Waals surface area contributed by atoms with Crippen LogP contribution in [-0.4, -0.2) is 24.8 Å². The molecule has 1 aromatic heterocycles. The molecule has 90 valence electrons. The van der Waals surface area contributed by atoms with E-state index < -0.39 is 5.97 Å². The molecule has 17 heavy (non-hydrogen) atoms. The molecule has 2 rings (SSSR count). The summed E-state index contributed by atoms with van der Waals surface area (Å²) in [6.45, 7) is -0.0214. The summed E-state index contributed by atoms with van der Waals surface area (Å²) >= 11 is 0. The third-order valence-corrected chi connectivity index (χ3v) is 2.20.